The molecule has 0 spiro atoms. The Bertz CT molecular complexity index is 1020. The zero-order valence-electron chi connectivity index (χ0n) is 16.6. The minimum absolute atomic E-state index is 0.298. The Kier molecular flexibility index (Phi) is 6.75. The van der Waals surface area contributed by atoms with Gasteiger partial charge >= 0.3 is 0 Å². The molecule has 10 heteroatoms. The van der Waals surface area contributed by atoms with Gasteiger partial charge in [0.05, 0.1) is 17.0 Å². The van der Waals surface area contributed by atoms with E-state index in [4.69, 9.17) is 26.6 Å². The first-order valence-electron chi connectivity index (χ1n) is 8.92. The van der Waals surface area contributed by atoms with Gasteiger partial charge in [0.1, 0.15) is 5.15 Å². The third-order valence-electron chi connectivity index (χ3n) is 4.98. The van der Waals surface area contributed by atoms with Crippen molar-refractivity contribution in [3.05, 3.63) is 39.6 Å². The molecule has 0 radical (unpaired) electrons. The molecule has 2 rings (SSSR count). The summed E-state index contributed by atoms with van der Waals surface area (Å²) < 4.78 is 25.6. The Morgan fingerprint density at radius 2 is 2.07 bits per heavy atom. The van der Waals surface area contributed by atoms with E-state index in [0.717, 1.165) is 10.9 Å². The largest absolute Gasteiger partial charge is 0.474 e. The van der Waals surface area contributed by atoms with Crippen molar-refractivity contribution >= 4 is 32.1 Å². The van der Waals surface area contributed by atoms with Crippen molar-refractivity contribution in [2.75, 3.05) is 6.26 Å². The lowest BCUT2D eigenvalue weighted by Crippen LogP contribution is -2.24. The summed E-state index contributed by atoms with van der Waals surface area (Å²) in [4.78, 5) is 11.6. The molecule has 28 heavy (non-hydrogen) atoms. The first-order chi connectivity index (χ1) is 13.0. The van der Waals surface area contributed by atoms with Gasteiger partial charge in [-0.25, -0.2) is 14.2 Å². The number of halogens is 1. The highest BCUT2D eigenvalue weighted by Crippen LogP contribution is 2.37. The highest BCUT2D eigenvalue weighted by Gasteiger charge is 2.27. The summed E-state index contributed by atoms with van der Waals surface area (Å²) in [5, 5.41) is 5.37. The fourth-order valence-corrected chi connectivity index (χ4v) is 3.71. The Labute approximate surface area is 170 Å². The molecule has 2 aromatic rings. The molecule has 2 aromatic heterocycles. The molecular weight excluding hydrogens is 400 g/mol. The summed E-state index contributed by atoms with van der Waals surface area (Å²) in [6.07, 6.45) is 5.38. The summed E-state index contributed by atoms with van der Waals surface area (Å²) >= 11 is 6.11. The maximum atomic E-state index is 11.9. The second-order valence-electron chi connectivity index (χ2n) is 7.23. The van der Waals surface area contributed by atoms with E-state index in [-0.39, 0.29) is 11.4 Å². The third kappa shape index (κ3) is 4.84. The summed E-state index contributed by atoms with van der Waals surface area (Å²) in [7, 11) is -2.65. The Balaban J connectivity index is 2.50. The molecule has 2 unspecified atom stereocenters. The average molecular weight is 425 g/mol. The van der Waals surface area contributed by atoms with E-state index in [1.54, 1.807) is 25.4 Å². The van der Waals surface area contributed by atoms with Gasteiger partial charge in [-0.15, -0.1) is 0 Å². The molecule has 152 valence electrons. The van der Waals surface area contributed by atoms with E-state index >= 15 is 0 Å². The lowest BCUT2D eigenvalue weighted by Gasteiger charge is -2.25. The summed E-state index contributed by atoms with van der Waals surface area (Å²) in [5.41, 5.74) is 8.93. The third-order valence-corrected chi connectivity index (χ3v) is 6.92. The zero-order valence-corrected chi connectivity index (χ0v) is 18.2. The van der Waals surface area contributed by atoms with Crippen molar-refractivity contribution in [1.82, 2.24) is 9.97 Å². The van der Waals surface area contributed by atoms with Crippen LogP contribution in [0.25, 0.3) is 21.2 Å². The van der Waals surface area contributed by atoms with Crippen LogP contribution in [0.1, 0.15) is 46.1 Å². The van der Waals surface area contributed by atoms with Gasteiger partial charge in [0.15, 0.2) is 0 Å². The Hall–Kier alpha value is -2.09. The van der Waals surface area contributed by atoms with Crippen molar-refractivity contribution in [3.63, 3.8) is 0 Å². The molecule has 0 aromatic carbocycles. The smallest absolute Gasteiger partial charge is 0.223 e. The van der Waals surface area contributed by atoms with Gasteiger partial charge in [0, 0.05) is 38.5 Å². The van der Waals surface area contributed by atoms with Gasteiger partial charge in [-0.2, -0.15) is 0 Å². The van der Waals surface area contributed by atoms with E-state index in [9.17, 15) is 4.21 Å². The molecule has 4 atom stereocenters. The Morgan fingerprint density at radius 1 is 1.39 bits per heavy atom. The quantitative estimate of drug-likeness (QED) is 0.262. The Morgan fingerprint density at radius 3 is 2.64 bits per heavy atom. The number of hydrogen-bond acceptors (Lipinski definition) is 6. The predicted octanol–water partition coefficient (Wildman–Crippen LogP) is 5.44. The van der Waals surface area contributed by atoms with Gasteiger partial charge in [-0.05, 0) is 56.2 Å². The molecule has 0 aliphatic carbocycles. The van der Waals surface area contributed by atoms with Crippen LogP contribution in [0, 0.1) is 4.78 Å². The maximum absolute atomic E-state index is 11.9. The van der Waals surface area contributed by atoms with Crippen molar-refractivity contribution in [3.8, 4) is 5.88 Å². The van der Waals surface area contributed by atoms with Crippen LogP contribution in [-0.2, 0) is 15.3 Å². The van der Waals surface area contributed by atoms with Crippen molar-refractivity contribution in [1.29, 1.82) is 4.78 Å². The van der Waals surface area contributed by atoms with Gasteiger partial charge in [-0.1, -0.05) is 23.6 Å². The van der Waals surface area contributed by atoms with Crippen LogP contribution >= 0.6 is 11.6 Å². The highest BCUT2D eigenvalue weighted by molar-refractivity contribution is 7.92. The fraction of sp³-hybridized carbons (Fsp3) is 0.556. The van der Waals surface area contributed by atoms with E-state index in [2.05, 4.69) is 20.0 Å². The number of rotatable bonds is 8. The monoisotopic (exact) mass is 424 g/mol. The molecule has 0 amide bonds. The van der Waals surface area contributed by atoms with Gasteiger partial charge < -0.3 is 4.74 Å². The molecule has 0 saturated heterocycles. The highest BCUT2D eigenvalue weighted by atomic mass is 35.5. The molecule has 0 bridgehead atoms. The summed E-state index contributed by atoms with van der Waals surface area (Å²) in [6, 6.07) is 1.71. The second kappa shape index (κ2) is 8.51. The number of hydrogen-bond donors (Lipinski definition) is 1. The van der Waals surface area contributed by atoms with Crippen LogP contribution < -0.4 is 4.74 Å². The van der Waals surface area contributed by atoms with E-state index in [1.165, 1.54) is 6.26 Å². The molecule has 0 saturated carbocycles. The maximum Gasteiger partial charge on any atom is 0.223 e. The number of azide groups is 1. The van der Waals surface area contributed by atoms with E-state index < -0.39 is 15.3 Å². The zero-order chi connectivity index (χ0) is 21.1. The van der Waals surface area contributed by atoms with Gasteiger partial charge in [0.25, 0.3) is 0 Å². The number of nitrogens with zero attached hydrogens (tertiary/aromatic N) is 5. The number of nitrogens with one attached hydrogen (secondary N) is 1. The normalized spacial score (nSPS) is 17.8. The van der Waals surface area contributed by atoms with Crippen molar-refractivity contribution in [2.24, 2.45) is 5.11 Å². The van der Waals surface area contributed by atoms with Gasteiger partial charge in [-0.3, -0.25) is 4.78 Å². The van der Waals surface area contributed by atoms with Crippen molar-refractivity contribution < 1.29 is 8.95 Å². The van der Waals surface area contributed by atoms with E-state index in [1.807, 2.05) is 20.8 Å². The summed E-state index contributed by atoms with van der Waals surface area (Å²) in [5.74, 6) is 0.370. The minimum Gasteiger partial charge on any atom is -0.474 e. The van der Waals surface area contributed by atoms with Crippen LogP contribution in [0.4, 0.5) is 0 Å². The minimum atomic E-state index is -2.65. The number of fused-ring (bicyclic) bond motifs is 1. The van der Waals surface area contributed by atoms with Crippen LogP contribution in [-0.4, -0.2) is 31.8 Å². The van der Waals surface area contributed by atoms with E-state index in [0.29, 0.717) is 29.3 Å². The first-order valence-corrected chi connectivity index (χ1v) is 11.3. The fourth-order valence-electron chi connectivity index (χ4n) is 2.91. The molecular formula is C18H25ClN6O2S. The molecule has 0 aliphatic heterocycles. The number of aromatic nitrogens is 2. The van der Waals surface area contributed by atoms with Gasteiger partial charge in [0.2, 0.25) is 5.88 Å². The average Bonchev–Trinajstić information content (AvgIpc) is 2.60. The second-order valence-corrected chi connectivity index (χ2v) is 10.2. The molecule has 0 aliphatic rings. The predicted molar refractivity (Wildman–Crippen MR) is 112 cm³/mol. The molecule has 0 fully saturated rings. The lowest BCUT2D eigenvalue weighted by molar-refractivity contribution is 0.205. The number of ether oxygens (including phenoxy) is 1. The molecule has 2 heterocycles. The topological polar surface area (TPSA) is 125 Å². The van der Waals surface area contributed by atoms with Crippen molar-refractivity contribution in [2.45, 2.75) is 57.4 Å². The van der Waals surface area contributed by atoms with Crippen LogP contribution in [0.3, 0.4) is 0 Å². The number of pyridine rings is 2. The van der Waals surface area contributed by atoms with Crippen LogP contribution in [0.5, 0.6) is 5.88 Å². The standard InChI is InChI=1S/C18H25ClN6O2S/c1-6-18(4,24-25-20)15-10-23-17(14-9-22-16(19)8-13(14)15)27-11(2)7-12(3)28(5,21)26/h8-12,21H,6-7H2,1-5H3/t11-,12-,18?,28?/m1/s1. The molecule has 8 nitrogen and oxygen atoms in total. The first kappa shape index (κ1) is 22.2. The summed E-state index contributed by atoms with van der Waals surface area (Å²) in [6.45, 7) is 7.40. The SMILES string of the molecule is CCC(C)(N=[N+]=[N-])c1cnc(O[C@H](C)C[C@@H](C)S(C)(=N)=O)c2cnc(Cl)cc12. The molecule has 1 N–H and O–H groups in total. The van der Waals surface area contributed by atoms with Crippen LogP contribution in [0.2, 0.25) is 5.15 Å². The lowest BCUT2D eigenvalue weighted by atomic mass is 9.88. The van der Waals surface area contributed by atoms with Crippen LogP contribution in [0.15, 0.2) is 23.6 Å².